The second-order valence-electron chi connectivity index (χ2n) is 9.27. The lowest BCUT2D eigenvalue weighted by Gasteiger charge is -2.25. The van der Waals surface area contributed by atoms with E-state index in [1.54, 1.807) is 51.3 Å². The molecule has 3 aromatic rings. The summed E-state index contributed by atoms with van der Waals surface area (Å²) in [5, 5.41) is 11.5. The Morgan fingerprint density at radius 2 is 2.00 bits per heavy atom. The SMILES string of the molecule is CCOC(=O)C1=C(C)N=c2s/c(=C\c3cc([N+](=O)[O-])ccc3N3CCCC3)c(=O)n2C1c1cccc(OC)c1. The third-order valence-electron chi connectivity index (χ3n) is 6.88. The lowest BCUT2D eigenvalue weighted by molar-refractivity contribution is -0.384. The zero-order chi connectivity index (χ0) is 27.7. The van der Waals surface area contributed by atoms with Crippen molar-refractivity contribution in [2.45, 2.75) is 32.7 Å². The topological polar surface area (TPSA) is 116 Å². The minimum atomic E-state index is -0.777. The molecule has 1 unspecified atom stereocenters. The van der Waals surface area contributed by atoms with E-state index in [-0.39, 0.29) is 23.4 Å². The number of methoxy groups -OCH3 is 1. The molecule has 0 amide bonds. The Labute approximate surface area is 228 Å². The van der Waals surface area contributed by atoms with Gasteiger partial charge in [0.2, 0.25) is 0 Å². The Hall–Kier alpha value is -4.25. The van der Waals surface area contributed by atoms with Gasteiger partial charge in [-0.15, -0.1) is 0 Å². The fourth-order valence-corrected chi connectivity index (χ4v) is 6.11. The summed E-state index contributed by atoms with van der Waals surface area (Å²) < 4.78 is 12.6. The number of nitrogens with zero attached hydrogens (tertiary/aromatic N) is 4. The molecule has 39 heavy (non-hydrogen) atoms. The molecular formula is C28H28N4O6S. The molecule has 202 valence electrons. The van der Waals surface area contributed by atoms with Crippen LogP contribution in [0.4, 0.5) is 11.4 Å². The number of hydrogen-bond acceptors (Lipinski definition) is 9. The quantitative estimate of drug-likeness (QED) is 0.253. The molecule has 10 nitrogen and oxygen atoms in total. The fraction of sp³-hybridized carbons (Fsp3) is 0.321. The highest BCUT2D eigenvalue weighted by atomic mass is 32.1. The monoisotopic (exact) mass is 548 g/mol. The van der Waals surface area contributed by atoms with E-state index in [0.29, 0.717) is 31.9 Å². The first kappa shape index (κ1) is 26.4. The Balaban J connectivity index is 1.73. The predicted molar refractivity (Wildman–Crippen MR) is 148 cm³/mol. The van der Waals surface area contributed by atoms with E-state index in [2.05, 4.69) is 9.89 Å². The number of fused-ring (bicyclic) bond motifs is 1. The van der Waals surface area contributed by atoms with Crippen LogP contribution in [0.5, 0.6) is 5.75 Å². The number of allylic oxidation sites excluding steroid dienone is 1. The van der Waals surface area contributed by atoms with Crippen molar-refractivity contribution in [1.82, 2.24) is 4.57 Å². The third-order valence-corrected chi connectivity index (χ3v) is 7.86. The van der Waals surface area contributed by atoms with Gasteiger partial charge in [0.25, 0.3) is 11.2 Å². The number of carbonyl (C=O) groups is 1. The zero-order valence-electron chi connectivity index (χ0n) is 21.9. The molecule has 0 saturated carbocycles. The molecule has 1 atom stereocenters. The van der Waals surface area contributed by atoms with Crippen molar-refractivity contribution in [1.29, 1.82) is 0 Å². The van der Waals surface area contributed by atoms with Gasteiger partial charge in [-0.25, -0.2) is 9.79 Å². The smallest absolute Gasteiger partial charge is 0.338 e. The Bertz CT molecular complexity index is 1670. The maximum Gasteiger partial charge on any atom is 0.338 e. The number of aromatic nitrogens is 1. The molecule has 2 aliphatic heterocycles. The average molecular weight is 549 g/mol. The van der Waals surface area contributed by atoms with Crippen LogP contribution in [0, 0.1) is 10.1 Å². The van der Waals surface area contributed by atoms with Crippen molar-refractivity contribution in [3.8, 4) is 5.75 Å². The maximum absolute atomic E-state index is 14.0. The number of rotatable bonds is 7. The van der Waals surface area contributed by atoms with Gasteiger partial charge in [-0.3, -0.25) is 19.5 Å². The van der Waals surface area contributed by atoms with Crippen molar-refractivity contribution in [3.05, 3.63) is 94.7 Å². The van der Waals surface area contributed by atoms with E-state index in [4.69, 9.17) is 9.47 Å². The van der Waals surface area contributed by atoms with E-state index in [1.165, 1.54) is 28.0 Å². The minimum absolute atomic E-state index is 0.0494. The van der Waals surface area contributed by atoms with E-state index < -0.39 is 16.9 Å². The summed E-state index contributed by atoms with van der Waals surface area (Å²) in [6.07, 6.45) is 3.76. The molecule has 0 N–H and O–H groups in total. The molecule has 2 aliphatic rings. The summed E-state index contributed by atoms with van der Waals surface area (Å²) in [7, 11) is 1.55. The normalized spacial score (nSPS) is 17.2. The number of hydrogen-bond donors (Lipinski definition) is 0. The molecular weight excluding hydrogens is 520 g/mol. The average Bonchev–Trinajstić information content (AvgIpc) is 3.56. The van der Waals surface area contributed by atoms with Gasteiger partial charge in [0.05, 0.1) is 40.5 Å². The molecule has 0 aliphatic carbocycles. The molecule has 5 rings (SSSR count). The number of non-ortho nitro benzene ring substituents is 1. The zero-order valence-corrected chi connectivity index (χ0v) is 22.7. The number of esters is 1. The molecule has 3 heterocycles. The number of nitro benzene ring substituents is 1. The van der Waals surface area contributed by atoms with Gasteiger partial charge in [0.15, 0.2) is 4.80 Å². The lowest BCUT2D eigenvalue weighted by Crippen LogP contribution is -2.40. The van der Waals surface area contributed by atoms with Crippen LogP contribution in [0.3, 0.4) is 0 Å². The highest BCUT2D eigenvalue weighted by Gasteiger charge is 2.33. The van der Waals surface area contributed by atoms with Crippen molar-refractivity contribution >= 4 is 34.8 Å². The van der Waals surface area contributed by atoms with Gasteiger partial charge in [0.1, 0.15) is 5.75 Å². The second-order valence-corrected chi connectivity index (χ2v) is 10.3. The van der Waals surface area contributed by atoms with Crippen LogP contribution >= 0.6 is 11.3 Å². The summed E-state index contributed by atoms with van der Waals surface area (Å²) in [6, 6.07) is 11.2. The highest BCUT2D eigenvalue weighted by molar-refractivity contribution is 7.07. The Kier molecular flexibility index (Phi) is 7.34. The van der Waals surface area contributed by atoms with Crippen molar-refractivity contribution in [2.24, 2.45) is 4.99 Å². The van der Waals surface area contributed by atoms with Crippen LogP contribution in [-0.4, -0.2) is 42.3 Å². The molecule has 1 saturated heterocycles. The molecule has 0 bridgehead atoms. The molecule has 0 radical (unpaired) electrons. The number of carbonyl (C=O) groups excluding carboxylic acids is 1. The summed E-state index contributed by atoms with van der Waals surface area (Å²) in [6.45, 7) is 5.32. The highest BCUT2D eigenvalue weighted by Crippen LogP contribution is 2.33. The van der Waals surface area contributed by atoms with E-state index in [0.717, 1.165) is 31.6 Å². The summed E-state index contributed by atoms with van der Waals surface area (Å²) in [5.41, 5.74) is 2.45. The number of thiazole rings is 1. The number of nitro groups is 1. The van der Waals surface area contributed by atoms with E-state index in [9.17, 15) is 19.7 Å². The van der Waals surface area contributed by atoms with Crippen LogP contribution in [0.25, 0.3) is 6.08 Å². The van der Waals surface area contributed by atoms with Crippen LogP contribution in [0.15, 0.2) is 63.5 Å². The van der Waals surface area contributed by atoms with Crippen molar-refractivity contribution in [3.63, 3.8) is 0 Å². The Morgan fingerprint density at radius 1 is 1.23 bits per heavy atom. The Morgan fingerprint density at radius 3 is 2.69 bits per heavy atom. The molecule has 2 aromatic carbocycles. The van der Waals surface area contributed by atoms with Gasteiger partial charge in [0, 0.05) is 36.5 Å². The summed E-state index contributed by atoms with van der Waals surface area (Å²) >= 11 is 1.18. The molecule has 1 aromatic heterocycles. The molecule has 1 fully saturated rings. The van der Waals surface area contributed by atoms with Crippen LogP contribution in [-0.2, 0) is 9.53 Å². The van der Waals surface area contributed by atoms with Crippen LogP contribution in [0.1, 0.15) is 43.9 Å². The van der Waals surface area contributed by atoms with Crippen molar-refractivity contribution in [2.75, 3.05) is 31.7 Å². The lowest BCUT2D eigenvalue weighted by atomic mass is 9.95. The van der Waals surface area contributed by atoms with Gasteiger partial charge >= 0.3 is 5.97 Å². The van der Waals surface area contributed by atoms with Crippen LogP contribution < -0.4 is 24.5 Å². The summed E-state index contributed by atoms with van der Waals surface area (Å²) in [5.74, 6) is 0.0372. The second kappa shape index (κ2) is 10.9. The van der Waals surface area contributed by atoms with E-state index >= 15 is 0 Å². The maximum atomic E-state index is 14.0. The summed E-state index contributed by atoms with van der Waals surface area (Å²) in [4.78, 5) is 45.4. The number of ether oxygens (including phenoxy) is 2. The largest absolute Gasteiger partial charge is 0.497 e. The van der Waals surface area contributed by atoms with Gasteiger partial charge in [-0.1, -0.05) is 23.5 Å². The first-order valence-corrected chi connectivity index (χ1v) is 13.5. The third kappa shape index (κ3) is 4.97. The van der Waals surface area contributed by atoms with Gasteiger partial charge in [-0.2, -0.15) is 0 Å². The number of benzene rings is 2. The standard InChI is InChI=1S/C28H28N4O6S/c1-4-38-27(34)24-17(2)29-28-31(25(24)18-8-7-9-21(15-18)37-3)26(33)23(39-28)16-19-14-20(32(35)36)10-11-22(19)30-12-5-6-13-30/h7-11,14-16,25H,4-6,12-13H2,1-3H3/b23-16-. The fourth-order valence-electron chi connectivity index (χ4n) is 5.08. The van der Waals surface area contributed by atoms with Gasteiger partial charge < -0.3 is 14.4 Å². The number of anilines is 1. The predicted octanol–water partition coefficient (Wildman–Crippen LogP) is 3.32. The first-order chi connectivity index (χ1) is 18.8. The van der Waals surface area contributed by atoms with Gasteiger partial charge in [-0.05, 0) is 56.5 Å². The van der Waals surface area contributed by atoms with Crippen molar-refractivity contribution < 1.29 is 19.2 Å². The first-order valence-electron chi connectivity index (χ1n) is 12.7. The molecule has 11 heteroatoms. The minimum Gasteiger partial charge on any atom is -0.497 e. The van der Waals surface area contributed by atoms with E-state index in [1.807, 2.05) is 6.07 Å². The molecule has 0 spiro atoms. The van der Waals surface area contributed by atoms with Crippen LogP contribution in [0.2, 0.25) is 0 Å².